The van der Waals surface area contributed by atoms with Gasteiger partial charge in [-0.1, -0.05) is 27.5 Å². The molecule has 11 heteroatoms. The van der Waals surface area contributed by atoms with Crippen LogP contribution in [0.1, 0.15) is 0 Å². The molecule has 0 spiro atoms. The minimum atomic E-state index is -3.75. The van der Waals surface area contributed by atoms with Crippen LogP contribution in [-0.4, -0.2) is 39.0 Å². The van der Waals surface area contributed by atoms with Gasteiger partial charge in [0.2, 0.25) is 0 Å². The van der Waals surface area contributed by atoms with Gasteiger partial charge in [0.15, 0.2) is 6.61 Å². The van der Waals surface area contributed by atoms with Gasteiger partial charge >= 0.3 is 0 Å². The number of anilines is 2. The van der Waals surface area contributed by atoms with Crippen LogP contribution in [0.4, 0.5) is 11.4 Å². The number of carbonyl (C=O) groups is 1. The number of carbonyl (C=O) groups excluding carboxylic acids is 1. The highest BCUT2D eigenvalue weighted by Crippen LogP contribution is 2.24. The van der Waals surface area contributed by atoms with Crippen molar-refractivity contribution in [2.45, 2.75) is 4.90 Å². The third-order valence-corrected chi connectivity index (χ3v) is 7.23. The van der Waals surface area contributed by atoms with Crippen LogP contribution < -0.4 is 20.1 Å². The minimum absolute atomic E-state index is 0.0826. The van der Waals surface area contributed by atoms with Crippen molar-refractivity contribution in [3.63, 3.8) is 0 Å². The number of fused-ring (bicyclic) bond motifs is 1. The average molecular weight is 590 g/mol. The largest absolute Gasteiger partial charge is 0.484 e. The lowest BCUT2D eigenvalue weighted by atomic mass is 10.2. The van der Waals surface area contributed by atoms with Crippen LogP contribution in [0.3, 0.4) is 0 Å². The Kier molecular flexibility index (Phi) is 8.29. The molecule has 36 heavy (non-hydrogen) atoms. The number of sulfonamides is 1. The summed E-state index contributed by atoms with van der Waals surface area (Å²) in [5.41, 5.74) is 2.13. The third-order valence-electron chi connectivity index (χ3n) is 5.07. The number of halogens is 2. The van der Waals surface area contributed by atoms with Crippen LogP contribution in [-0.2, 0) is 14.8 Å². The summed E-state index contributed by atoms with van der Waals surface area (Å²) in [7, 11) is -3.75. The molecule has 0 aliphatic heterocycles. The van der Waals surface area contributed by atoms with Crippen molar-refractivity contribution >= 4 is 65.7 Å². The van der Waals surface area contributed by atoms with Crippen molar-refractivity contribution in [1.82, 2.24) is 10.3 Å². The minimum Gasteiger partial charge on any atom is -0.484 e. The van der Waals surface area contributed by atoms with E-state index in [4.69, 9.17) is 16.3 Å². The van der Waals surface area contributed by atoms with E-state index in [1.54, 1.807) is 42.6 Å². The quantitative estimate of drug-likeness (QED) is 0.223. The number of hydrogen-bond donors (Lipinski definition) is 3. The van der Waals surface area contributed by atoms with Gasteiger partial charge < -0.3 is 15.4 Å². The molecule has 1 heterocycles. The summed E-state index contributed by atoms with van der Waals surface area (Å²) >= 11 is 9.33. The first-order valence-corrected chi connectivity index (χ1v) is 13.5. The summed E-state index contributed by atoms with van der Waals surface area (Å²) < 4.78 is 34.0. The molecule has 3 N–H and O–H groups in total. The standard InChI is InChI=1S/C25H22BrClN4O4S/c26-17-1-4-19(5-2-17)31-36(33,34)21-8-6-20(7-9-21)35-16-25(32)30-14-13-29-23-11-12-28-24-15-18(27)3-10-22(23)24/h1-12,15,31H,13-14,16H2,(H,28,29)(H,30,32). The zero-order valence-corrected chi connectivity index (χ0v) is 22.0. The predicted molar refractivity (Wildman–Crippen MR) is 145 cm³/mol. The fourth-order valence-corrected chi connectivity index (χ4v) is 4.81. The highest BCUT2D eigenvalue weighted by Gasteiger charge is 2.14. The monoisotopic (exact) mass is 588 g/mol. The Labute approximate surface area is 222 Å². The third kappa shape index (κ3) is 6.87. The number of nitrogens with one attached hydrogen (secondary N) is 3. The molecule has 0 aliphatic carbocycles. The number of amides is 1. The molecule has 1 aromatic heterocycles. The first-order valence-electron chi connectivity index (χ1n) is 10.9. The Morgan fingerprint density at radius 3 is 2.47 bits per heavy atom. The fourth-order valence-electron chi connectivity index (χ4n) is 3.32. The topological polar surface area (TPSA) is 109 Å². The van der Waals surface area contributed by atoms with Crippen molar-refractivity contribution in [2.75, 3.05) is 29.7 Å². The second kappa shape index (κ2) is 11.6. The summed E-state index contributed by atoms with van der Waals surface area (Å²) in [6, 6.07) is 20.0. The smallest absolute Gasteiger partial charge is 0.261 e. The molecule has 3 aromatic carbocycles. The SMILES string of the molecule is O=C(COc1ccc(S(=O)(=O)Nc2ccc(Br)cc2)cc1)NCCNc1ccnc2cc(Cl)ccc12. The van der Waals surface area contributed by atoms with E-state index in [1.807, 2.05) is 12.1 Å². The highest BCUT2D eigenvalue weighted by molar-refractivity contribution is 9.10. The Morgan fingerprint density at radius 1 is 0.972 bits per heavy atom. The summed E-state index contributed by atoms with van der Waals surface area (Å²) in [5.74, 6) is 0.0876. The first kappa shape index (κ1) is 25.7. The molecule has 0 unspecified atom stereocenters. The highest BCUT2D eigenvalue weighted by atomic mass is 79.9. The van der Waals surface area contributed by atoms with Gasteiger partial charge in [0, 0.05) is 45.5 Å². The molecule has 8 nitrogen and oxygen atoms in total. The van der Waals surface area contributed by atoms with Gasteiger partial charge in [-0.3, -0.25) is 14.5 Å². The number of nitrogens with zero attached hydrogens (tertiary/aromatic N) is 1. The van der Waals surface area contributed by atoms with Crippen LogP contribution >= 0.6 is 27.5 Å². The molecule has 0 aliphatic rings. The van der Waals surface area contributed by atoms with Crippen LogP contribution in [0.5, 0.6) is 5.75 Å². The number of aromatic nitrogens is 1. The van der Waals surface area contributed by atoms with Gasteiger partial charge in [-0.2, -0.15) is 0 Å². The lowest BCUT2D eigenvalue weighted by Gasteiger charge is -2.11. The molecule has 0 atom stereocenters. The Balaban J connectivity index is 1.22. The normalized spacial score (nSPS) is 11.2. The van der Waals surface area contributed by atoms with Gasteiger partial charge in [0.05, 0.1) is 10.4 Å². The summed E-state index contributed by atoms with van der Waals surface area (Å²) in [6.45, 7) is 0.698. The van der Waals surface area contributed by atoms with E-state index in [-0.39, 0.29) is 17.4 Å². The number of hydrogen-bond acceptors (Lipinski definition) is 6. The molecular formula is C25H22BrClN4O4S. The molecule has 4 aromatic rings. The lowest BCUT2D eigenvalue weighted by molar-refractivity contribution is -0.123. The van der Waals surface area contributed by atoms with E-state index < -0.39 is 10.0 Å². The van der Waals surface area contributed by atoms with Gasteiger partial charge in [0.25, 0.3) is 15.9 Å². The van der Waals surface area contributed by atoms with E-state index in [0.29, 0.717) is 29.5 Å². The Bertz CT molecular complexity index is 1470. The first-order chi connectivity index (χ1) is 17.3. The van der Waals surface area contributed by atoms with Crippen LogP contribution in [0.15, 0.2) is 88.4 Å². The lowest BCUT2D eigenvalue weighted by Crippen LogP contribution is -2.32. The van der Waals surface area contributed by atoms with Crippen molar-refractivity contribution in [3.8, 4) is 5.75 Å². The van der Waals surface area contributed by atoms with E-state index in [9.17, 15) is 13.2 Å². The van der Waals surface area contributed by atoms with Crippen LogP contribution in [0.2, 0.25) is 5.02 Å². The molecule has 186 valence electrons. The van der Waals surface area contributed by atoms with E-state index >= 15 is 0 Å². The van der Waals surface area contributed by atoms with Crippen molar-refractivity contribution in [1.29, 1.82) is 0 Å². The molecule has 0 saturated heterocycles. The van der Waals surface area contributed by atoms with Gasteiger partial charge in [-0.15, -0.1) is 0 Å². The second-order valence-corrected chi connectivity index (χ2v) is 10.7. The number of pyridine rings is 1. The van der Waals surface area contributed by atoms with E-state index in [1.165, 1.54) is 24.3 Å². The van der Waals surface area contributed by atoms with Crippen molar-refractivity contribution in [3.05, 3.63) is 88.5 Å². The molecule has 0 radical (unpaired) electrons. The number of ether oxygens (including phenoxy) is 1. The van der Waals surface area contributed by atoms with Gasteiger partial charge in [-0.25, -0.2) is 8.42 Å². The zero-order chi connectivity index (χ0) is 25.5. The maximum Gasteiger partial charge on any atom is 0.261 e. The Hall–Kier alpha value is -3.34. The summed E-state index contributed by atoms with van der Waals surface area (Å²) in [5, 5.41) is 7.61. The van der Waals surface area contributed by atoms with Crippen LogP contribution in [0, 0.1) is 0 Å². The van der Waals surface area contributed by atoms with Crippen molar-refractivity contribution in [2.24, 2.45) is 0 Å². The number of rotatable bonds is 10. The molecule has 0 fully saturated rings. The molecule has 0 saturated carbocycles. The molecular weight excluding hydrogens is 568 g/mol. The maximum atomic E-state index is 12.6. The second-order valence-electron chi connectivity index (χ2n) is 7.67. The summed E-state index contributed by atoms with van der Waals surface area (Å²) in [6.07, 6.45) is 1.70. The molecule has 0 bridgehead atoms. The average Bonchev–Trinajstić information content (AvgIpc) is 2.86. The van der Waals surface area contributed by atoms with E-state index in [2.05, 4.69) is 36.3 Å². The molecule has 1 amide bonds. The predicted octanol–water partition coefficient (Wildman–Crippen LogP) is 5.06. The summed E-state index contributed by atoms with van der Waals surface area (Å²) in [4.78, 5) is 16.5. The van der Waals surface area contributed by atoms with Gasteiger partial charge in [-0.05, 0) is 72.8 Å². The van der Waals surface area contributed by atoms with E-state index in [0.717, 1.165) is 21.1 Å². The van der Waals surface area contributed by atoms with Crippen LogP contribution in [0.25, 0.3) is 10.9 Å². The fraction of sp³-hybridized carbons (Fsp3) is 0.120. The zero-order valence-electron chi connectivity index (χ0n) is 18.9. The number of benzene rings is 3. The maximum absolute atomic E-state index is 12.6. The molecule has 4 rings (SSSR count). The van der Waals surface area contributed by atoms with Crippen molar-refractivity contribution < 1.29 is 17.9 Å². The van der Waals surface area contributed by atoms with Gasteiger partial charge in [0.1, 0.15) is 5.75 Å². The Morgan fingerprint density at radius 2 is 1.72 bits per heavy atom.